The molecule has 1 aromatic carbocycles. The van der Waals surface area contributed by atoms with E-state index < -0.39 is 0 Å². The van der Waals surface area contributed by atoms with E-state index in [1.54, 1.807) is 0 Å². The lowest BCUT2D eigenvalue weighted by Gasteiger charge is -2.38. The van der Waals surface area contributed by atoms with Crippen molar-refractivity contribution in [1.82, 2.24) is 9.80 Å². The molecule has 0 unspecified atom stereocenters. The molecule has 1 aromatic rings. The Morgan fingerprint density at radius 3 is 2.57 bits per heavy atom. The maximum atomic E-state index is 11.9. The van der Waals surface area contributed by atoms with Gasteiger partial charge in [-0.05, 0) is 30.5 Å². The number of ether oxygens (including phenoxy) is 1. The number of methoxy groups -OCH3 is 1. The third-order valence-corrected chi connectivity index (χ3v) is 4.62. The highest BCUT2D eigenvalue weighted by atomic mass is 16.5. The van der Waals surface area contributed by atoms with Gasteiger partial charge in [0.15, 0.2) is 0 Å². The van der Waals surface area contributed by atoms with Gasteiger partial charge in [-0.25, -0.2) is 0 Å². The zero-order chi connectivity index (χ0) is 14.9. The first-order chi connectivity index (χ1) is 10.1. The predicted octanol–water partition coefficient (Wildman–Crippen LogP) is 1.09. The first-order valence-electron chi connectivity index (χ1n) is 7.54. The molecule has 5 nitrogen and oxygen atoms in total. The molecular formula is C16H23N3O2. The zero-order valence-electron chi connectivity index (χ0n) is 12.5. The van der Waals surface area contributed by atoms with E-state index in [1.807, 2.05) is 18.2 Å². The van der Waals surface area contributed by atoms with Gasteiger partial charge in [-0.2, -0.15) is 0 Å². The van der Waals surface area contributed by atoms with Gasteiger partial charge < -0.3 is 10.5 Å². The number of nitrogens with two attached hydrogens (primary N) is 1. The second-order valence-electron chi connectivity index (χ2n) is 6.03. The third kappa shape index (κ3) is 2.89. The first kappa shape index (κ1) is 14.4. The molecule has 0 amide bonds. The van der Waals surface area contributed by atoms with Crippen molar-refractivity contribution >= 4 is 11.7 Å². The Kier molecular flexibility index (Phi) is 3.87. The van der Waals surface area contributed by atoms with E-state index in [0.29, 0.717) is 0 Å². The van der Waals surface area contributed by atoms with Crippen molar-refractivity contribution in [3.63, 3.8) is 0 Å². The van der Waals surface area contributed by atoms with Gasteiger partial charge >= 0.3 is 5.97 Å². The summed E-state index contributed by atoms with van der Waals surface area (Å²) in [4.78, 5) is 16.6. The maximum absolute atomic E-state index is 11.9. The zero-order valence-corrected chi connectivity index (χ0v) is 12.5. The average Bonchev–Trinajstić information content (AvgIpc) is 3.29. The summed E-state index contributed by atoms with van der Waals surface area (Å²) in [5, 5.41) is 0. The number of anilines is 1. The molecule has 1 saturated carbocycles. The summed E-state index contributed by atoms with van der Waals surface area (Å²) in [6.07, 6.45) is 1.88. The van der Waals surface area contributed by atoms with Crippen molar-refractivity contribution in [1.29, 1.82) is 0 Å². The molecule has 2 aliphatic rings. The number of nitrogens with zero attached hydrogens (tertiary/aromatic N) is 2. The standard InChI is InChI=1S/C16H23N3O2/c1-21-15(20)16(5-6-16)19-9-7-18(8-10-19)12-13-3-2-4-14(17)11-13/h2-4,11H,5-10,12,17H2,1H3. The monoisotopic (exact) mass is 289 g/mol. The first-order valence-corrected chi connectivity index (χ1v) is 7.54. The van der Waals surface area contributed by atoms with E-state index in [2.05, 4.69) is 15.9 Å². The molecule has 3 rings (SSSR count). The van der Waals surface area contributed by atoms with Crippen LogP contribution in [-0.4, -0.2) is 54.6 Å². The number of hydrogen-bond donors (Lipinski definition) is 1. The molecule has 5 heteroatoms. The lowest BCUT2D eigenvalue weighted by Crippen LogP contribution is -2.54. The Morgan fingerprint density at radius 2 is 2.00 bits per heavy atom. The molecule has 1 aliphatic heterocycles. The lowest BCUT2D eigenvalue weighted by atomic mass is 10.1. The van der Waals surface area contributed by atoms with Gasteiger partial charge in [-0.3, -0.25) is 14.6 Å². The normalized spacial score (nSPS) is 22.0. The number of carbonyl (C=O) groups excluding carboxylic acids is 1. The highest BCUT2D eigenvalue weighted by Gasteiger charge is 2.55. The van der Waals surface area contributed by atoms with E-state index in [0.717, 1.165) is 51.3 Å². The van der Waals surface area contributed by atoms with E-state index in [1.165, 1.54) is 12.7 Å². The van der Waals surface area contributed by atoms with Gasteiger partial charge in [0.25, 0.3) is 0 Å². The Balaban J connectivity index is 1.55. The minimum absolute atomic E-state index is 0.0632. The van der Waals surface area contributed by atoms with Gasteiger partial charge in [0.05, 0.1) is 7.11 Å². The topological polar surface area (TPSA) is 58.8 Å². The maximum Gasteiger partial charge on any atom is 0.326 e. The van der Waals surface area contributed by atoms with Crippen LogP contribution in [0.4, 0.5) is 5.69 Å². The van der Waals surface area contributed by atoms with E-state index in [-0.39, 0.29) is 11.5 Å². The molecule has 114 valence electrons. The van der Waals surface area contributed by atoms with Crippen molar-refractivity contribution in [3.8, 4) is 0 Å². The molecule has 0 bridgehead atoms. The van der Waals surface area contributed by atoms with Crippen LogP contribution in [0.1, 0.15) is 18.4 Å². The number of piperazine rings is 1. The lowest BCUT2D eigenvalue weighted by molar-refractivity contribution is -0.149. The summed E-state index contributed by atoms with van der Waals surface area (Å²) in [5.41, 5.74) is 7.58. The largest absolute Gasteiger partial charge is 0.468 e. The Morgan fingerprint density at radius 1 is 1.29 bits per heavy atom. The second kappa shape index (κ2) is 5.66. The van der Waals surface area contributed by atoms with Crippen LogP contribution >= 0.6 is 0 Å². The van der Waals surface area contributed by atoms with Crippen LogP contribution in [0, 0.1) is 0 Å². The number of rotatable bonds is 4. The number of esters is 1. The smallest absolute Gasteiger partial charge is 0.326 e. The Bertz CT molecular complexity index is 520. The fourth-order valence-corrected chi connectivity index (χ4v) is 3.24. The van der Waals surface area contributed by atoms with Crippen molar-refractivity contribution in [3.05, 3.63) is 29.8 Å². The van der Waals surface area contributed by atoms with Crippen molar-refractivity contribution < 1.29 is 9.53 Å². The molecule has 21 heavy (non-hydrogen) atoms. The van der Waals surface area contributed by atoms with Gasteiger partial charge in [0.2, 0.25) is 0 Å². The minimum atomic E-state index is -0.308. The molecule has 1 aliphatic carbocycles. The van der Waals surface area contributed by atoms with Crippen LogP contribution in [0.15, 0.2) is 24.3 Å². The summed E-state index contributed by atoms with van der Waals surface area (Å²) < 4.78 is 4.96. The molecule has 1 saturated heterocycles. The van der Waals surface area contributed by atoms with Gasteiger partial charge in [0.1, 0.15) is 5.54 Å². The van der Waals surface area contributed by atoms with Gasteiger partial charge in [-0.15, -0.1) is 0 Å². The van der Waals surface area contributed by atoms with Crippen LogP contribution in [-0.2, 0) is 16.1 Å². The van der Waals surface area contributed by atoms with E-state index in [9.17, 15) is 4.79 Å². The molecule has 0 radical (unpaired) electrons. The highest BCUT2D eigenvalue weighted by molar-refractivity contribution is 5.84. The summed E-state index contributed by atoms with van der Waals surface area (Å²) in [5.74, 6) is -0.0632. The highest BCUT2D eigenvalue weighted by Crippen LogP contribution is 2.43. The van der Waals surface area contributed by atoms with Crippen molar-refractivity contribution in [2.75, 3.05) is 39.0 Å². The molecule has 0 atom stereocenters. The van der Waals surface area contributed by atoms with Gasteiger partial charge in [0, 0.05) is 38.4 Å². The number of benzene rings is 1. The minimum Gasteiger partial charge on any atom is -0.468 e. The summed E-state index contributed by atoms with van der Waals surface area (Å²) >= 11 is 0. The Labute approximate surface area is 125 Å². The molecule has 0 aromatic heterocycles. The van der Waals surface area contributed by atoms with Crippen molar-refractivity contribution in [2.24, 2.45) is 0 Å². The summed E-state index contributed by atoms with van der Waals surface area (Å²) in [6, 6.07) is 8.05. The van der Waals surface area contributed by atoms with Crippen LogP contribution < -0.4 is 5.73 Å². The molecule has 2 N–H and O–H groups in total. The predicted molar refractivity (Wildman–Crippen MR) is 81.7 cm³/mol. The molecule has 1 heterocycles. The van der Waals surface area contributed by atoms with E-state index >= 15 is 0 Å². The van der Waals surface area contributed by atoms with E-state index in [4.69, 9.17) is 10.5 Å². The number of hydrogen-bond acceptors (Lipinski definition) is 5. The Hall–Kier alpha value is -1.59. The molecule has 2 fully saturated rings. The SMILES string of the molecule is COC(=O)C1(N2CCN(Cc3cccc(N)c3)CC2)CC1. The van der Waals surface area contributed by atoms with Crippen LogP contribution in [0.2, 0.25) is 0 Å². The second-order valence-corrected chi connectivity index (χ2v) is 6.03. The van der Waals surface area contributed by atoms with Crippen LogP contribution in [0.25, 0.3) is 0 Å². The average molecular weight is 289 g/mol. The third-order valence-electron chi connectivity index (χ3n) is 4.62. The molecular weight excluding hydrogens is 266 g/mol. The fourth-order valence-electron chi connectivity index (χ4n) is 3.24. The van der Waals surface area contributed by atoms with Crippen LogP contribution in [0.5, 0.6) is 0 Å². The summed E-state index contributed by atoms with van der Waals surface area (Å²) in [7, 11) is 1.48. The van der Waals surface area contributed by atoms with Crippen LogP contribution in [0.3, 0.4) is 0 Å². The number of nitrogen functional groups attached to an aromatic ring is 1. The fraction of sp³-hybridized carbons (Fsp3) is 0.562. The number of carbonyl (C=O) groups is 1. The summed E-state index contributed by atoms with van der Waals surface area (Å²) in [6.45, 7) is 4.74. The quantitative estimate of drug-likeness (QED) is 0.664. The van der Waals surface area contributed by atoms with Crippen molar-refractivity contribution in [2.45, 2.75) is 24.9 Å². The molecule has 0 spiro atoms. The van der Waals surface area contributed by atoms with Gasteiger partial charge in [-0.1, -0.05) is 12.1 Å².